The molecule has 3 aromatic rings. The number of esters is 1. The van der Waals surface area contributed by atoms with E-state index < -0.39 is 0 Å². The van der Waals surface area contributed by atoms with Crippen LogP contribution in [-0.4, -0.2) is 11.0 Å². The summed E-state index contributed by atoms with van der Waals surface area (Å²) in [6.07, 6.45) is 19.0. The Morgan fingerprint density at radius 2 is 1.64 bits per heavy atom. The molecule has 1 heterocycles. The summed E-state index contributed by atoms with van der Waals surface area (Å²) in [5.41, 5.74) is 3.66. The van der Waals surface area contributed by atoms with E-state index >= 15 is 0 Å². The maximum Gasteiger partial charge on any atom is 0.311 e. The molecular formula is C32H41NO2S. The minimum atomic E-state index is -0.125. The summed E-state index contributed by atoms with van der Waals surface area (Å²) in [4.78, 5) is 18.0. The van der Waals surface area contributed by atoms with Gasteiger partial charge in [0.25, 0.3) is 0 Å². The van der Waals surface area contributed by atoms with Gasteiger partial charge in [-0.2, -0.15) is 0 Å². The molecule has 0 unspecified atom stereocenters. The zero-order valence-corrected chi connectivity index (χ0v) is 22.7. The summed E-state index contributed by atoms with van der Waals surface area (Å²) in [7, 11) is 0. The van der Waals surface area contributed by atoms with E-state index in [0.29, 0.717) is 12.2 Å². The molecule has 1 aliphatic rings. The van der Waals surface area contributed by atoms with Crippen molar-refractivity contribution < 1.29 is 9.53 Å². The molecule has 0 saturated heterocycles. The van der Waals surface area contributed by atoms with Crippen LogP contribution in [0.15, 0.2) is 54.7 Å². The number of nitrogens with zero attached hydrogens (tertiary/aromatic N) is 1. The number of thiazole rings is 1. The fourth-order valence-electron chi connectivity index (χ4n) is 5.16. The maximum absolute atomic E-state index is 12.3. The van der Waals surface area contributed by atoms with Crippen molar-refractivity contribution in [2.75, 3.05) is 0 Å². The highest BCUT2D eigenvalue weighted by Crippen LogP contribution is 2.33. The first-order valence-electron chi connectivity index (χ1n) is 14.1. The first-order valence-corrected chi connectivity index (χ1v) is 14.9. The lowest BCUT2D eigenvalue weighted by Crippen LogP contribution is -2.09. The molecule has 192 valence electrons. The number of hydrogen-bond acceptors (Lipinski definition) is 4. The number of carbonyl (C=O) groups is 1. The van der Waals surface area contributed by atoms with Crippen LogP contribution < -0.4 is 4.74 Å². The number of ether oxygens (including phenoxy) is 1. The molecule has 2 aromatic carbocycles. The van der Waals surface area contributed by atoms with Crippen LogP contribution in [0, 0.1) is 5.92 Å². The molecule has 3 nitrogen and oxygen atoms in total. The van der Waals surface area contributed by atoms with Crippen LogP contribution >= 0.6 is 11.3 Å². The molecule has 1 saturated carbocycles. The zero-order valence-electron chi connectivity index (χ0n) is 21.8. The Kier molecular flexibility index (Phi) is 10.6. The Balaban J connectivity index is 1.22. The third kappa shape index (κ3) is 8.30. The lowest BCUT2D eigenvalue weighted by atomic mass is 9.86. The van der Waals surface area contributed by atoms with Gasteiger partial charge in [0.1, 0.15) is 10.8 Å². The van der Waals surface area contributed by atoms with E-state index in [1.165, 1.54) is 69.8 Å². The first kappa shape index (κ1) is 26.6. The van der Waals surface area contributed by atoms with Gasteiger partial charge in [0.15, 0.2) is 0 Å². The largest absolute Gasteiger partial charge is 0.427 e. The van der Waals surface area contributed by atoms with Gasteiger partial charge in [-0.25, -0.2) is 4.98 Å². The topological polar surface area (TPSA) is 39.2 Å². The fourth-order valence-corrected chi connectivity index (χ4v) is 6.09. The number of benzene rings is 2. The second-order valence-corrected chi connectivity index (χ2v) is 11.3. The average molecular weight is 504 g/mol. The Hall–Kier alpha value is -2.46. The zero-order chi connectivity index (χ0) is 25.0. The van der Waals surface area contributed by atoms with Crippen molar-refractivity contribution >= 4 is 17.3 Å². The van der Waals surface area contributed by atoms with Gasteiger partial charge in [0, 0.05) is 18.2 Å². The van der Waals surface area contributed by atoms with Crippen molar-refractivity contribution in [1.82, 2.24) is 4.98 Å². The molecule has 36 heavy (non-hydrogen) atoms. The van der Waals surface area contributed by atoms with Gasteiger partial charge in [-0.15, -0.1) is 11.3 Å². The second kappa shape index (κ2) is 14.3. The molecule has 0 aliphatic heterocycles. The van der Waals surface area contributed by atoms with Crippen LogP contribution in [-0.2, 0) is 11.2 Å². The van der Waals surface area contributed by atoms with Crippen molar-refractivity contribution in [2.45, 2.75) is 96.8 Å². The van der Waals surface area contributed by atoms with Crippen LogP contribution in [0.3, 0.4) is 0 Å². The Morgan fingerprint density at radius 1 is 0.889 bits per heavy atom. The SMILES string of the molecule is CCCCCCc1ccc(-c2ncc(-c3ccc(OC(=O)CCCCC4CCCCC4)cc3)s2)cc1. The van der Waals surface area contributed by atoms with Crippen molar-refractivity contribution in [3.63, 3.8) is 0 Å². The van der Waals surface area contributed by atoms with E-state index in [1.54, 1.807) is 11.3 Å². The highest BCUT2D eigenvalue weighted by atomic mass is 32.1. The van der Waals surface area contributed by atoms with Crippen molar-refractivity contribution in [3.8, 4) is 26.8 Å². The Morgan fingerprint density at radius 3 is 2.39 bits per heavy atom. The molecule has 0 N–H and O–H groups in total. The van der Waals surface area contributed by atoms with Crippen LogP contribution in [0.2, 0.25) is 0 Å². The third-order valence-electron chi connectivity index (χ3n) is 7.36. The van der Waals surface area contributed by atoms with Gasteiger partial charge >= 0.3 is 5.97 Å². The van der Waals surface area contributed by atoms with Crippen LogP contribution in [0.5, 0.6) is 5.75 Å². The molecule has 1 aromatic heterocycles. The molecule has 0 atom stereocenters. The summed E-state index contributed by atoms with van der Waals surface area (Å²) in [6.45, 7) is 2.25. The average Bonchev–Trinajstić information content (AvgIpc) is 3.41. The monoisotopic (exact) mass is 503 g/mol. The number of aryl methyl sites for hydroxylation is 1. The number of rotatable bonds is 13. The quantitative estimate of drug-likeness (QED) is 0.132. The minimum absolute atomic E-state index is 0.125. The number of aromatic nitrogens is 1. The predicted molar refractivity (Wildman–Crippen MR) is 152 cm³/mol. The highest BCUT2D eigenvalue weighted by Gasteiger charge is 2.13. The summed E-state index contributed by atoms with van der Waals surface area (Å²) >= 11 is 1.70. The van der Waals surface area contributed by atoms with E-state index in [4.69, 9.17) is 4.74 Å². The summed E-state index contributed by atoms with van der Waals surface area (Å²) in [5.74, 6) is 1.38. The van der Waals surface area contributed by atoms with Crippen LogP contribution in [0.25, 0.3) is 21.0 Å². The summed E-state index contributed by atoms with van der Waals surface area (Å²) < 4.78 is 5.57. The number of hydrogen-bond donors (Lipinski definition) is 0. The molecule has 0 radical (unpaired) electrons. The standard InChI is InChI=1S/C32H41NO2S/c1-2-3-4-6-13-26-16-18-28(19-17-26)32-33-24-30(36-32)27-20-22-29(23-21-27)35-31(34)15-10-9-14-25-11-7-5-8-12-25/h16-25H,2-15H2,1H3. The number of carbonyl (C=O) groups excluding carboxylic acids is 1. The van der Waals surface area contributed by atoms with Crippen molar-refractivity contribution in [3.05, 3.63) is 60.3 Å². The number of unbranched alkanes of at least 4 members (excludes halogenated alkanes) is 4. The summed E-state index contributed by atoms with van der Waals surface area (Å²) in [6, 6.07) is 16.7. The van der Waals surface area contributed by atoms with Crippen molar-refractivity contribution in [1.29, 1.82) is 0 Å². The Bertz CT molecular complexity index is 1050. The van der Waals surface area contributed by atoms with E-state index in [1.807, 2.05) is 30.5 Å². The smallest absolute Gasteiger partial charge is 0.311 e. The highest BCUT2D eigenvalue weighted by molar-refractivity contribution is 7.18. The van der Waals surface area contributed by atoms with E-state index in [2.05, 4.69) is 36.2 Å². The lowest BCUT2D eigenvalue weighted by Gasteiger charge is -2.21. The maximum atomic E-state index is 12.3. The lowest BCUT2D eigenvalue weighted by molar-refractivity contribution is -0.134. The van der Waals surface area contributed by atoms with E-state index in [-0.39, 0.29) is 5.97 Å². The normalized spacial score (nSPS) is 14.1. The van der Waals surface area contributed by atoms with Crippen molar-refractivity contribution in [2.24, 2.45) is 5.92 Å². The molecule has 0 bridgehead atoms. The minimum Gasteiger partial charge on any atom is -0.427 e. The third-order valence-corrected chi connectivity index (χ3v) is 8.46. The first-order chi connectivity index (χ1) is 17.7. The second-order valence-electron chi connectivity index (χ2n) is 10.3. The molecule has 0 spiro atoms. The molecule has 0 amide bonds. The molecular weight excluding hydrogens is 462 g/mol. The van der Waals surface area contributed by atoms with Gasteiger partial charge in [0.05, 0.1) is 4.88 Å². The fraction of sp³-hybridized carbons (Fsp3) is 0.500. The molecule has 4 heteroatoms. The van der Waals surface area contributed by atoms with E-state index in [0.717, 1.165) is 46.2 Å². The predicted octanol–water partition coefficient (Wildman–Crippen LogP) is 9.65. The van der Waals surface area contributed by atoms with E-state index in [9.17, 15) is 4.79 Å². The van der Waals surface area contributed by atoms with Gasteiger partial charge < -0.3 is 4.74 Å². The Labute approximate surface area is 221 Å². The van der Waals surface area contributed by atoms with Crippen LogP contribution in [0.4, 0.5) is 0 Å². The van der Waals surface area contributed by atoms with Gasteiger partial charge in [-0.1, -0.05) is 95.4 Å². The molecule has 1 aliphatic carbocycles. The summed E-state index contributed by atoms with van der Waals surface area (Å²) in [5, 5.41) is 1.03. The van der Waals surface area contributed by atoms with Crippen LogP contribution in [0.1, 0.15) is 96.0 Å². The van der Waals surface area contributed by atoms with Gasteiger partial charge in [0.2, 0.25) is 0 Å². The molecule has 4 rings (SSSR count). The van der Waals surface area contributed by atoms with Gasteiger partial charge in [-0.3, -0.25) is 4.79 Å². The molecule has 1 fully saturated rings. The van der Waals surface area contributed by atoms with Gasteiger partial charge in [-0.05, 0) is 60.6 Å².